The van der Waals surface area contributed by atoms with E-state index in [0.717, 1.165) is 32.1 Å². The van der Waals surface area contributed by atoms with E-state index >= 15 is 0 Å². The summed E-state index contributed by atoms with van der Waals surface area (Å²) in [6, 6.07) is 6.10. The number of nitrogens with zero attached hydrogens (tertiary/aromatic N) is 3. The van der Waals surface area contributed by atoms with Gasteiger partial charge in [0.1, 0.15) is 5.75 Å². The zero-order chi connectivity index (χ0) is 15.4. The van der Waals surface area contributed by atoms with Crippen LogP contribution in [0.5, 0.6) is 5.75 Å². The summed E-state index contributed by atoms with van der Waals surface area (Å²) in [6.07, 6.45) is 0. The van der Waals surface area contributed by atoms with Crippen molar-refractivity contribution in [3.8, 4) is 5.75 Å². The number of methoxy groups -OCH3 is 1. The molecule has 0 aliphatic carbocycles. The Morgan fingerprint density at radius 1 is 1.38 bits per heavy atom. The predicted octanol–water partition coefficient (Wildman–Crippen LogP) is 2.92. The second kappa shape index (κ2) is 7.11. The van der Waals surface area contributed by atoms with Crippen LogP contribution < -0.4 is 15.4 Å². The van der Waals surface area contributed by atoms with E-state index < -0.39 is 0 Å². The van der Waals surface area contributed by atoms with Crippen LogP contribution in [0.2, 0.25) is 0 Å². The third-order valence-electron chi connectivity index (χ3n) is 2.96. The average Bonchev–Trinajstić information content (AvgIpc) is 2.93. The summed E-state index contributed by atoms with van der Waals surface area (Å²) in [5.41, 5.74) is 8.18. The fraction of sp³-hybridized carbons (Fsp3) is 0.429. The lowest BCUT2D eigenvalue weighted by atomic mass is 10.1. The summed E-state index contributed by atoms with van der Waals surface area (Å²) in [5.74, 6) is 1.66. The molecule has 0 aliphatic rings. The second-order valence-corrected chi connectivity index (χ2v) is 7.07. The van der Waals surface area contributed by atoms with Crippen LogP contribution in [-0.2, 0) is 5.75 Å². The third-order valence-corrected chi connectivity index (χ3v) is 5.23. The van der Waals surface area contributed by atoms with Gasteiger partial charge in [0.15, 0.2) is 4.34 Å². The fourth-order valence-electron chi connectivity index (χ4n) is 1.78. The Balaban J connectivity index is 2.12. The monoisotopic (exact) mass is 324 g/mol. The van der Waals surface area contributed by atoms with Crippen LogP contribution in [0, 0.1) is 0 Å². The van der Waals surface area contributed by atoms with Gasteiger partial charge in [-0.3, -0.25) is 0 Å². The number of hydrogen-bond donors (Lipinski definition) is 1. The highest BCUT2D eigenvalue weighted by Crippen LogP contribution is 2.32. The molecule has 7 heteroatoms. The Kier molecular flexibility index (Phi) is 5.44. The Hall–Kier alpha value is -1.31. The molecule has 0 bridgehead atoms. The summed E-state index contributed by atoms with van der Waals surface area (Å²) in [5, 5.41) is 9.24. The van der Waals surface area contributed by atoms with Gasteiger partial charge in [0.05, 0.1) is 7.11 Å². The average molecular weight is 324 g/mol. The minimum absolute atomic E-state index is 0.0153. The normalized spacial score (nSPS) is 12.2. The molecule has 1 aromatic heterocycles. The molecule has 2 N–H and O–H groups in total. The molecular weight excluding hydrogens is 304 g/mol. The smallest absolute Gasteiger partial charge is 0.208 e. The van der Waals surface area contributed by atoms with E-state index in [4.69, 9.17) is 10.5 Å². The summed E-state index contributed by atoms with van der Waals surface area (Å²) in [6.45, 7) is 1.98. The molecule has 0 amide bonds. The fourth-order valence-corrected chi connectivity index (χ4v) is 3.52. The van der Waals surface area contributed by atoms with Gasteiger partial charge in [-0.05, 0) is 24.6 Å². The van der Waals surface area contributed by atoms with E-state index in [1.165, 1.54) is 0 Å². The first-order valence-corrected chi connectivity index (χ1v) is 8.37. The van der Waals surface area contributed by atoms with Crippen molar-refractivity contribution in [1.82, 2.24) is 10.2 Å². The molecule has 0 fully saturated rings. The lowest BCUT2D eigenvalue weighted by Crippen LogP contribution is -2.07. The molecular formula is C14H20N4OS2. The molecule has 114 valence electrons. The Labute approximate surface area is 133 Å². The number of ether oxygens (including phenoxy) is 1. The lowest BCUT2D eigenvalue weighted by molar-refractivity contribution is 0.411. The van der Waals surface area contributed by atoms with Crippen LogP contribution >= 0.6 is 23.1 Å². The van der Waals surface area contributed by atoms with Gasteiger partial charge in [0.25, 0.3) is 0 Å². The number of aromatic nitrogens is 2. The zero-order valence-electron chi connectivity index (χ0n) is 12.7. The van der Waals surface area contributed by atoms with Crippen LogP contribution in [0.25, 0.3) is 0 Å². The SMILES string of the molecule is COc1ccc(C(C)N)cc1CSc1nnc(N(C)C)s1. The summed E-state index contributed by atoms with van der Waals surface area (Å²) >= 11 is 3.24. The Bertz CT molecular complexity index is 598. The van der Waals surface area contributed by atoms with Crippen LogP contribution in [0.1, 0.15) is 24.1 Å². The molecule has 1 unspecified atom stereocenters. The van der Waals surface area contributed by atoms with Crippen LogP contribution in [0.3, 0.4) is 0 Å². The lowest BCUT2D eigenvalue weighted by Gasteiger charge is -2.12. The van der Waals surface area contributed by atoms with Crippen molar-refractivity contribution in [3.63, 3.8) is 0 Å². The van der Waals surface area contributed by atoms with E-state index in [0.29, 0.717) is 0 Å². The maximum atomic E-state index is 5.94. The van der Waals surface area contributed by atoms with Crippen molar-refractivity contribution in [2.75, 3.05) is 26.1 Å². The summed E-state index contributed by atoms with van der Waals surface area (Å²) in [7, 11) is 5.61. The molecule has 1 heterocycles. The molecule has 0 saturated carbocycles. The highest BCUT2D eigenvalue weighted by atomic mass is 32.2. The van der Waals surface area contributed by atoms with Crippen molar-refractivity contribution in [1.29, 1.82) is 0 Å². The molecule has 21 heavy (non-hydrogen) atoms. The van der Waals surface area contributed by atoms with Crippen molar-refractivity contribution < 1.29 is 4.74 Å². The predicted molar refractivity (Wildman–Crippen MR) is 89.4 cm³/mol. The van der Waals surface area contributed by atoms with Crippen molar-refractivity contribution in [3.05, 3.63) is 29.3 Å². The molecule has 1 aromatic carbocycles. The Morgan fingerprint density at radius 3 is 2.71 bits per heavy atom. The van der Waals surface area contributed by atoms with Gasteiger partial charge < -0.3 is 15.4 Å². The minimum Gasteiger partial charge on any atom is -0.496 e. The minimum atomic E-state index is 0.0153. The number of hydrogen-bond acceptors (Lipinski definition) is 7. The highest BCUT2D eigenvalue weighted by molar-refractivity contribution is 8.00. The van der Waals surface area contributed by atoms with Gasteiger partial charge in [-0.15, -0.1) is 10.2 Å². The van der Waals surface area contributed by atoms with Gasteiger partial charge >= 0.3 is 0 Å². The molecule has 0 radical (unpaired) electrons. The summed E-state index contributed by atoms with van der Waals surface area (Å²) < 4.78 is 6.37. The topological polar surface area (TPSA) is 64.3 Å². The molecule has 5 nitrogen and oxygen atoms in total. The van der Waals surface area contributed by atoms with Crippen molar-refractivity contribution in [2.24, 2.45) is 5.73 Å². The summed E-state index contributed by atoms with van der Waals surface area (Å²) in [4.78, 5) is 1.96. The molecule has 0 spiro atoms. The molecule has 2 rings (SSSR count). The van der Waals surface area contributed by atoms with Gasteiger partial charge in [-0.1, -0.05) is 29.2 Å². The largest absolute Gasteiger partial charge is 0.496 e. The zero-order valence-corrected chi connectivity index (χ0v) is 14.3. The highest BCUT2D eigenvalue weighted by Gasteiger charge is 2.10. The maximum absolute atomic E-state index is 5.94. The first-order valence-electron chi connectivity index (χ1n) is 6.57. The first kappa shape index (κ1) is 16.1. The number of anilines is 1. The van der Waals surface area contributed by atoms with E-state index in [1.54, 1.807) is 30.2 Å². The molecule has 1 atom stereocenters. The molecule has 0 aliphatic heterocycles. The van der Waals surface area contributed by atoms with Crippen molar-refractivity contribution in [2.45, 2.75) is 23.1 Å². The van der Waals surface area contributed by atoms with E-state index in [9.17, 15) is 0 Å². The standard InChI is InChI=1S/C14H20N4OS2/c1-9(15)10-5-6-12(19-4)11(7-10)8-20-14-17-16-13(21-14)18(2)3/h5-7,9H,8,15H2,1-4H3. The number of rotatable bonds is 6. The maximum Gasteiger partial charge on any atom is 0.208 e. The second-order valence-electron chi connectivity index (χ2n) is 4.89. The van der Waals surface area contributed by atoms with Crippen molar-refractivity contribution >= 4 is 28.2 Å². The number of thioether (sulfide) groups is 1. The molecule has 2 aromatic rings. The van der Waals surface area contributed by atoms with E-state index in [1.807, 2.05) is 38.1 Å². The molecule has 0 saturated heterocycles. The van der Waals surface area contributed by atoms with Crippen LogP contribution in [0.4, 0.5) is 5.13 Å². The quantitative estimate of drug-likeness (QED) is 0.824. The third kappa shape index (κ3) is 4.09. The van der Waals surface area contributed by atoms with Crippen LogP contribution in [0.15, 0.2) is 22.5 Å². The van der Waals surface area contributed by atoms with Gasteiger partial charge in [-0.25, -0.2) is 0 Å². The van der Waals surface area contributed by atoms with Gasteiger partial charge in [0.2, 0.25) is 5.13 Å². The number of benzene rings is 1. The number of nitrogens with two attached hydrogens (primary N) is 1. The Morgan fingerprint density at radius 2 is 2.14 bits per heavy atom. The first-order chi connectivity index (χ1) is 10.0. The van der Waals surface area contributed by atoms with E-state index in [-0.39, 0.29) is 6.04 Å². The van der Waals surface area contributed by atoms with Crippen LogP contribution in [-0.4, -0.2) is 31.4 Å². The van der Waals surface area contributed by atoms with Gasteiger partial charge in [-0.2, -0.15) is 0 Å². The van der Waals surface area contributed by atoms with Gasteiger partial charge in [0, 0.05) is 31.5 Å². The van der Waals surface area contributed by atoms with E-state index in [2.05, 4.69) is 16.3 Å².